The minimum Gasteiger partial charge on any atom is -0.433 e. The van der Waals surface area contributed by atoms with Crippen LogP contribution >= 0.6 is 0 Å². The van der Waals surface area contributed by atoms with Crippen molar-refractivity contribution >= 4 is 9.84 Å². The van der Waals surface area contributed by atoms with Crippen molar-refractivity contribution < 1.29 is 30.7 Å². The van der Waals surface area contributed by atoms with Gasteiger partial charge in [0.2, 0.25) is 23.3 Å². The van der Waals surface area contributed by atoms with E-state index in [-0.39, 0.29) is 16.7 Å². The fraction of sp³-hybridized carbons (Fsp3) is 0.154. The summed E-state index contributed by atoms with van der Waals surface area (Å²) < 4.78 is 80.7. The predicted molar refractivity (Wildman–Crippen MR) is 68.3 cm³/mol. The Hall–Kier alpha value is -2.16. The molecule has 2 aromatic rings. The fourth-order valence-electron chi connectivity index (χ4n) is 1.52. The zero-order valence-corrected chi connectivity index (χ0v) is 11.9. The van der Waals surface area contributed by atoms with Crippen LogP contribution in [0.2, 0.25) is 0 Å². The van der Waals surface area contributed by atoms with Crippen LogP contribution in [0.3, 0.4) is 0 Å². The number of pyridine rings is 1. The number of ether oxygens (including phenoxy) is 1. The van der Waals surface area contributed by atoms with Gasteiger partial charge in [-0.05, 0) is 6.07 Å². The van der Waals surface area contributed by atoms with E-state index in [0.29, 0.717) is 0 Å². The van der Waals surface area contributed by atoms with E-state index in [1.807, 2.05) is 0 Å². The van der Waals surface area contributed by atoms with Gasteiger partial charge in [-0.3, -0.25) is 0 Å². The lowest BCUT2D eigenvalue weighted by atomic mass is 10.3. The monoisotopic (exact) mass is 335 g/mol. The van der Waals surface area contributed by atoms with Gasteiger partial charge in [-0.1, -0.05) is 6.92 Å². The standard InChI is InChI=1S/C13H9F4NO3S/c1-2-22(19,20)7-3-4-10(18-6-7)21-13-11(16)8(14)5-9(15)12(13)17/h3-6H,2H2,1H3. The predicted octanol–water partition coefficient (Wildman–Crippen LogP) is 3.22. The van der Waals surface area contributed by atoms with Gasteiger partial charge >= 0.3 is 0 Å². The molecule has 9 heteroatoms. The number of hydrogen-bond acceptors (Lipinski definition) is 4. The van der Waals surface area contributed by atoms with Crippen LogP contribution in [0.4, 0.5) is 17.6 Å². The number of halogens is 4. The van der Waals surface area contributed by atoms with Crippen molar-refractivity contribution in [2.75, 3.05) is 5.75 Å². The summed E-state index contributed by atoms with van der Waals surface area (Å²) in [7, 11) is -3.50. The summed E-state index contributed by atoms with van der Waals surface area (Å²) in [5.74, 6) is -8.56. The summed E-state index contributed by atoms with van der Waals surface area (Å²) in [5.41, 5.74) is 0. The van der Waals surface area contributed by atoms with Crippen molar-refractivity contribution in [2.24, 2.45) is 0 Å². The first-order valence-electron chi connectivity index (χ1n) is 5.96. The van der Waals surface area contributed by atoms with Crippen molar-refractivity contribution in [3.63, 3.8) is 0 Å². The number of sulfone groups is 1. The molecule has 0 spiro atoms. The van der Waals surface area contributed by atoms with Crippen LogP contribution in [0.5, 0.6) is 11.6 Å². The molecule has 1 aromatic heterocycles. The van der Waals surface area contributed by atoms with E-state index in [4.69, 9.17) is 0 Å². The molecule has 2 rings (SSSR count). The maximum atomic E-state index is 13.4. The highest BCUT2D eigenvalue weighted by Gasteiger charge is 2.22. The summed E-state index contributed by atoms with van der Waals surface area (Å²) >= 11 is 0. The van der Waals surface area contributed by atoms with Crippen LogP contribution in [0, 0.1) is 23.3 Å². The smallest absolute Gasteiger partial charge is 0.219 e. The normalized spacial score (nSPS) is 11.5. The van der Waals surface area contributed by atoms with Crippen molar-refractivity contribution in [3.05, 3.63) is 47.7 Å². The first-order valence-corrected chi connectivity index (χ1v) is 7.61. The molecule has 0 bridgehead atoms. The molecule has 0 amide bonds. The van der Waals surface area contributed by atoms with Gasteiger partial charge in [-0.2, -0.15) is 8.78 Å². The number of aromatic nitrogens is 1. The van der Waals surface area contributed by atoms with Gasteiger partial charge in [-0.15, -0.1) is 0 Å². The molecule has 118 valence electrons. The Morgan fingerprint density at radius 2 is 1.68 bits per heavy atom. The van der Waals surface area contributed by atoms with Gasteiger partial charge in [0.1, 0.15) is 0 Å². The number of benzene rings is 1. The molecule has 0 aliphatic carbocycles. The Balaban J connectivity index is 2.37. The van der Waals surface area contributed by atoms with E-state index in [9.17, 15) is 26.0 Å². The van der Waals surface area contributed by atoms with E-state index >= 15 is 0 Å². The molecule has 0 aliphatic rings. The summed E-state index contributed by atoms with van der Waals surface area (Å²) in [6, 6.07) is 2.17. The lowest BCUT2D eigenvalue weighted by Gasteiger charge is -2.08. The second-order valence-corrected chi connectivity index (χ2v) is 6.41. The lowest BCUT2D eigenvalue weighted by molar-refractivity contribution is 0.358. The van der Waals surface area contributed by atoms with Crippen LogP contribution in [-0.4, -0.2) is 19.2 Å². The number of nitrogens with zero attached hydrogens (tertiary/aromatic N) is 1. The first kappa shape index (κ1) is 16.2. The second-order valence-electron chi connectivity index (χ2n) is 4.13. The zero-order valence-electron chi connectivity index (χ0n) is 11.1. The van der Waals surface area contributed by atoms with Gasteiger partial charge in [-0.25, -0.2) is 22.2 Å². The zero-order chi connectivity index (χ0) is 16.5. The number of hydrogen-bond donors (Lipinski definition) is 0. The molecular formula is C13H9F4NO3S. The van der Waals surface area contributed by atoms with Gasteiger partial charge in [0.25, 0.3) is 0 Å². The minimum atomic E-state index is -3.50. The molecule has 0 N–H and O–H groups in total. The molecule has 0 radical (unpaired) electrons. The Kier molecular flexibility index (Phi) is 4.36. The van der Waals surface area contributed by atoms with Crippen LogP contribution in [0.25, 0.3) is 0 Å². The molecule has 1 aromatic carbocycles. The summed E-state index contributed by atoms with van der Waals surface area (Å²) in [5, 5.41) is 0. The third-order valence-corrected chi connectivity index (χ3v) is 4.45. The topological polar surface area (TPSA) is 56.3 Å². The van der Waals surface area contributed by atoms with Crippen LogP contribution < -0.4 is 4.74 Å². The molecule has 1 heterocycles. The summed E-state index contributed by atoms with van der Waals surface area (Å²) in [4.78, 5) is 3.43. The maximum absolute atomic E-state index is 13.4. The van der Waals surface area contributed by atoms with Crippen LogP contribution in [0.1, 0.15) is 6.92 Å². The average molecular weight is 335 g/mol. The van der Waals surface area contributed by atoms with E-state index in [1.165, 1.54) is 6.92 Å². The molecule has 0 saturated heterocycles. The van der Waals surface area contributed by atoms with Gasteiger partial charge in [0.15, 0.2) is 21.5 Å². The number of rotatable bonds is 4. The molecule has 22 heavy (non-hydrogen) atoms. The molecule has 0 saturated carbocycles. The van der Waals surface area contributed by atoms with Crippen molar-refractivity contribution in [3.8, 4) is 11.6 Å². The lowest BCUT2D eigenvalue weighted by Crippen LogP contribution is -2.04. The van der Waals surface area contributed by atoms with Crippen LogP contribution in [-0.2, 0) is 9.84 Å². The highest BCUT2D eigenvalue weighted by atomic mass is 32.2. The first-order chi connectivity index (χ1) is 10.3. The average Bonchev–Trinajstić information content (AvgIpc) is 2.50. The summed E-state index contributed by atoms with van der Waals surface area (Å²) in [6.45, 7) is 1.43. The van der Waals surface area contributed by atoms with E-state index in [1.54, 1.807) is 0 Å². The van der Waals surface area contributed by atoms with E-state index in [0.717, 1.165) is 18.3 Å². The quantitative estimate of drug-likeness (QED) is 0.636. The third kappa shape index (κ3) is 3.03. The highest BCUT2D eigenvalue weighted by Crippen LogP contribution is 2.30. The van der Waals surface area contributed by atoms with Gasteiger partial charge in [0.05, 0.1) is 10.6 Å². The third-order valence-electron chi connectivity index (χ3n) is 2.73. The Morgan fingerprint density at radius 1 is 1.09 bits per heavy atom. The Bertz CT molecular complexity index is 781. The summed E-state index contributed by atoms with van der Waals surface area (Å²) in [6.07, 6.45) is 0.916. The minimum absolute atomic E-state index is 0.0435. The van der Waals surface area contributed by atoms with Crippen molar-refractivity contribution in [1.82, 2.24) is 4.98 Å². The second kappa shape index (κ2) is 5.91. The maximum Gasteiger partial charge on any atom is 0.219 e. The van der Waals surface area contributed by atoms with Crippen molar-refractivity contribution in [1.29, 1.82) is 0 Å². The molecule has 4 nitrogen and oxygen atoms in total. The molecular weight excluding hydrogens is 326 g/mol. The van der Waals surface area contributed by atoms with Crippen LogP contribution in [0.15, 0.2) is 29.3 Å². The fourth-order valence-corrected chi connectivity index (χ4v) is 2.35. The molecule has 0 atom stereocenters. The molecule has 0 aliphatic heterocycles. The van der Waals surface area contributed by atoms with Gasteiger partial charge in [0, 0.05) is 18.3 Å². The SMILES string of the molecule is CCS(=O)(=O)c1ccc(Oc2c(F)c(F)cc(F)c2F)nc1. The Morgan fingerprint density at radius 3 is 2.14 bits per heavy atom. The van der Waals surface area contributed by atoms with Gasteiger partial charge < -0.3 is 4.74 Å². The molecule has 0 fully saturated rings. The largest absolute Gasteiger partial charge is 0.433 e. The Labute approximate surface area is 123 Å². The van der Waals surface area contributed by atoms with Crippen molar-refractivity contribution in [2.45, 2.75) is 11.8 Å². The molecule has 0 unspecified atom stereocenters. The van der Waals surface area contributed by atoms with E-state index in [2.05, 4.69) is 9.72 Å². The highest BCUT2D eigenvalue weighted by molar-refractivity contribution is 7.91. The van der Waals surface area contributed by atoms with E-state index < -0.39 is 44.7 Å².